The predicted octanol–water partition coefficient (Wildman–Crippen LogP) is 4.71. The van der Waals surface area contributed by atoms with Crippen LogP contribution in [0.1, 0.15) is 58.9 Å². The van der Waals surface area contributed by atoms with Crippen molar-refractivity contribution in [3.8, 4) is 0 Å². The summed E-state index contributed by atoms with van der Waals surface area (Å²) in [5.74, 6) is 1.68. The predicted molar refractivity (Wildman–Crippen MR) is 82.8 cm³/mol. The lowest BCUT2D eigenvalue weighted by Crippen LogP contribution is -2.18. The molecular formula is C15H26ClN3. The molecule has 1 atom stereocenters. The zero-order chi connectivity index (χ0) is 14.3. The van der Waals surface area contributed by atoms with E-state index in [2.05, 4.69) is 43.0 Å². The highest BCUT2D eigenvalue weighted by molar-refractivity contribution is 6.30. The van der Waals surface area contributed by atoms with Gasteiger partial charge in [0.25, 0.3) is 0 Å². The number of halogens is 1. The van der Waals surface area contributed by atoms with E-state index in [0.29, 0.717) is 11.2 Å². The van der Waals surface area contributed by atoms with Crippen LogP contribution in [0.5, 0.6) is 0 Å². The summed E-state index contributed by atoms with van der Waals surface area (Å²) in [7, 11) is 0. The van der Waals surface area contributed by atoms with Crippen LogP contribution in [0.15, 0.2) is 6.33 Å². The van der Waals surface area contributed by atoms with E-state index in [1.165, 1.54) is 19.2 Å². The lowest BCUT2D eigenvalue weighted by atomic mass is 10.0. The number of nitrogens with one attached hydrogen (secondary N) is 1. The molecule has 0 aromatic carbocycles. The van der Waals surface area contributed by atoms with Gasteiger partial charge in [0.05, 0.1) is 0 Å². The average molecular weight is 284 g/mol. The summed E-state index contributed by atoms with van der Waals surface area (Å²) in [5.41, 5.74) is 1.04. The molecule has 0 radical (unpaired) electrons. The van der Waals surface area contributed by atoms with Crippen LogP contribution in [0, 0.1) is 5.92 Å². The average Bonchev–Trinajstić information content (AvgIpc) is 2.33. The molecule has 1 aromatic heterocycles. The summed E-state index contributed by atoms with van der Waals surface area (Å²) in [4.78, 5) is 8.40. The highest BCUT2D eigenvalue weighted by Gasteiger charge is 2.11. The summed E-state index contributed by atoms with van der Waals surface area (Å²) >= 11 is 6.15. The van der Waals surface area contributed by atoms with Crippen molar-refractivity contribution in [1.82, 2.24) is 9.97 Å². The van der Waals surface area contributed by atoms with Gasteiger partial charge in [-0.2, -0.15) is 0 Å². The molecule has 0 saturated carbocycles. The fourth-order valence-electron chi connectivity index (χ4n) is 2.12. The van der Waals surface area contributed by atoms with Gasteiger partial charge in [-0.3, -0.25) is 0 Å². The lowest BCUT2D eigenvalue weighted by Gasteiger charge is -2.17. The van der Waals surface area contributed by atoms with E-state index < -0.39 is 0 Å². The summed E-state index contributed by atoms with van der Waals surface area (Å²) in [6.45, 7) is 8.87. The molecule has 108 valence electrons. The Morgan fingerprint density at radius 1 is 1.21 bits per heavy atom. The second-order valence-electron chi connectivity index (χ2n) is 5.61. The van der Waals surface area contributed by atoms with Crippen LogP contribution in [0.25, 0.3) is 0 Å². The number of nitrogens with zero attached hydrogens (tertiary/aromatic N) is 2. The van der Waals surface area contributed by atoms with E-state index in [-0.39, 0.29) is 0 Å². The second kappa shape index (κ2) is 8.36. The normalized spacial score (nSPS) is 12.7. The van der Waals surface area contributed by atoms with E-state index in [9.17, 15) is 0 Å². The largest absolute Gasteiger partial charge is 0.367 e. The minimum absolute atomic E-state index is 0.417. The van der Waals surface area contributed by atoms with Crippen molar-refractivity contribution in [2.24, 2.45) is 5.92 Å². The first kappa shape index (κ1) is 16.2. The molecule has 1 heterocycles. The van der Waals surface area contributed by atoms with Crippen molar-refractivity contribution in [1.29, 1.82) is 0 Å². The lowest BCUT2D eigenvalue weighted by molar-refractivity contribution is 0.519. The molecule has 1 rings (SSSR count). The second-order valence-corrected chi connectivity index (χ2v) is 5.97. The Kier molecular flexibility index (Phi) is 7.14. The molecule has 1 aromatic rings. The van der Waals surface area contributed by atoms with Crippen molar-refractivity contribution >= 4 is 17.4 Å². The van der Waals surface area contributed by atoms with Crippen LogP contribution in [-0.2, 0) is 6.42 Å². The highest BCUT2D eigenvalue weighted by Crippen LogP contribution is 2.22. The van der Waals surface area contributed by atoms with Gasteiger partial charge in [0.2, 0.25) is 0 Å². The zero-order valence-electron chi connectivity index (χ0n) is 12.5. The quantitative estimate of drug-likeness (QED) is 0.702. The fourth-order valence-corrected chi connectivity index (χ4v) is 2.35. The van der Waals surface area contributed by atoms with Gasteiger partial charge in [-0.25, -0.2) is 9.97 Å². The summed E-state index contributed by atoms with van der Waals surface area (Å²) in [6.07, 6.45) is 7.17. The third-order valence-corrected chi connectivity index (χ3v) is 3.52. The number of hydrogen-bond acceptors (Lipinski definition) is 3. The first-order valence-corrected chi connectivity index (χ1v) is 7.68. The molecule has 19 heavy (non-hydrogen) atoms. The molecule has 0 fully saturated rings. The standard InChI is InChI=1S/C15H26ClN3/c1-5-7-13-14(16)17-10-18-15(13)19-12(4)9-6-8-11(2)3/h10-12H,5-9H2,1-4H3,(H,17,18,19). The first-order chi connectivity index (χ1) is 9.04. The Labute approximate surface area is 122 Å². The first-order valence-electron chi connectivity index (χ1n) is 7.30. The van der Waals surface area contributed by atoms with Gasteiger partial charge < -0.3 is 5.32 Å². The van der Waals surface area contributed by atoms with Gasteiger partial charge in [-0.1, -0.05) is 51.6 Å². The Morgan fingerprint density at radius 3 is 2.58 bits per heavy atom. The smallest absolute Gasteiger partial charge is 0.137 e. The van der Waals surface area contributed by atoms with E-state index in [1.54, 1.807) is 0 Å². The van der Waals surface area contributed by atoms with Gasteiger partial charge in [0, 0.05) is 11.6 Å². The van der Waals surface area contributed by atoms with Gasteiger partial charge >= 0.3 is 0 Å². The number of anilines is 1. The van der Waals surface area contributed by atoms with Crippen molar-refractivity contribution < 1.29 is 0 Å². The molecular weight excluding hydrogens is 258 g/mol. The number of rotatable bonds is 8. The Morgan fingerprint density at radius 2 is 1.95 bits per heavy atom. The van der Waals surface area contributed by atoms with Crippen LogP contribution in [0.3, 0.4) is 0 Å². The molecule has 0 bridgehead atoms. The number of aromatic nitrogens is 2. The minimum Gasteiger partial charge on any atom is -0.367 e. The Hall–Kier alpha value is -0.830. The molecule has 1 unspecified atom stereocenters. The van der Waals surface area contributed by atoms with Crippen LogP contribution < -0.4 is 5.32 Å². The topological polar surface area (TPSA) is 37.8 Å². The molecule has 3 nitrogen and oxygen atoms in total. The fraction of sp³-hybridized carbons (Fsp3) is 0.733. The number of hydrogen-bond donors (Lipinski definition) is 1. The molecule has 4 heteroatoms. The maximum atomic E-state index is 6.15. The van der Waals surface area contributed by atoms with Gasteiger partial charge in [0.15, 0.2) is 0 Å². The van der Waals surface area contributed by atoms with Crippen molar-refractivity contribution in [2.45, 2.75) is 65.8 Å². The maximum Gasteiger partial charge on any atom is 0.137 e. The monoisotopic (exact) mass is 283 g/mol. The van der Waals surface area contributed by atoms with Gasteiger partial charge in [0.1, 0.15) is 17.3 Å². The van der Waals surface area contributed by atoms with E-state index in [0.717, 1.165) is 36.6 Å². The third-order valence-electron chi connectivity index (χ3n) is 3.19. The molecule has 0 spiro atoms. The summed E-state index contributed by atoms with van der Waals surface area (Å²) < 4.78 is 0. The molecule has 0 saturated heterocycles. The Bertz CT molecular complexity index is 380. The Balaban J connectivity index is 2.58. The van der Waals surface area contributed by atoms with Crippen LogP contribution in [0.2, 0.25) is 5.15 Å². The van der Waals surface area contributed by atoms with Crippen LogP contribution in [-0.4, -0.2) is 16.0 Å². The summed E-state index contributed by atoms with van der Waals surface area (Å²) in [6, 6.07) is 0.417. The van der Waals surface area contributed by atoms with Crippen LogP contribution >= 0.6 is 11.6 Å². The van der Waals surface area contributed by atoms with Crippen LogP contribution in [0.4, 0.5) is 5.82 Å². The molecule has 1 N–H and O–H groups in total. The highest BCUT2D eigenvalue weighted by atomic mass is 35.5. The molecule has 0 aliphatic heterocycles. The van der Waals surface area contributed by atoms with Crippen molar-refractivity contribution in [3.05, 3.63) is 17.0 Å². The molecule has 0 aliphatic carbocycles. The van der Waals surface area contributed by atoms with Gasteiger partial charge in [-0.15, -0.1) is 0 Å². The maximum absolute atomic E-state index is 6.15. The van der Waals surface area contributed by atoms with E-state index in [4.69, 9.17) is 11.6 Å². The minimum atomic E-state index is 0.417. The van der Waals surface area contributed by atoms with E-state index in [1.807, 2.05) is 0 Å². The molecule has 0 aliphatic rings. The van der Waals surface area contributed by atoms with Crippen molar-refractivity contribution in [3.63, 3.8) is 0 Å². The zero-order valence-corrected chi connectivity index (χ0v) is 13.3. The third kappa shape index (κ3) is 5.77. The van der Waals surface area contributed by atoms with Gasteiger partial charge in [-0.05, 0) is 25.7 Å². The van der Waals surface area contributed by atoms with Crippen molar-refractivity contribution in [2.75, 3.05) is 5.32 Å². The van der Waals surface area contributed by atoms with E-state index >= 15 is 0 Å². The molecule has 0 amide bonds. The summed E-state index contributed by atoms with van der Waals surface area (Å²) in [5, 5.41) is 4.05. The SMILES string of the molecule is CCCc1c(Cl)ncnc1NC(C)CCCC(C)C.